The minimum Gasteiger partial charge on any atom is -0.352 e. The average Bonchev–Trinajstić information content (AvgIpc) is 2.59. The van der Waals surface area contributed by atoms with Gasteiger partial charge in [-0.3, -0.25) is 14.4 Å². The Morgan fingerprint density at radius 3 is 2.71 bits per heavy atom. The number of hydrogen-bond acceptors (Lipinski definition) is 3. The van der Waals surface area contributed by atoms with Crippen molar-refractivity contribution in [1.82, 2.24) is 10.2 Å². The molecule has 2 aliphatic rings. The molecule has 3 rings (SSSR count). The molecule has 0 radical (unpaired) electrons. The van der Waals surface area contributed by atoms with Gasteiger partial charge in [0.1, 0.15) is 0 Å². The summed E-state index contributed by atoms with van der Waals surface area (Å²) in [5.74, 6) is 0.178. The van der Waals surface area contributed by atoms with Crippen LogP contribution in [0.3, 0.4) is 0 Å². The highest BCUT2D eigenvalue weighted by Crippen LogP contribution is 2.23. The summed E-state index contributed by atoms with van der Waals surface area (Å²) in [6, 6.07) is 5.88. The molecule has 2 N–H and O–H groups in total. The second kappa shape index (κ2) is 7.03. The van der Waals surface area contributed by atoms with Gasteiger partial charge in [0.15, 0.2) is 0 Å². The van der Waals surface area contributed by atoms with Crippen molar-refractivity contribution < 1.29 is 14.4 Å². The van der Waals surface area contributed by atoms with E-state index in [0.717, 1.165) is 36.1 Å². The van der Waals surface area contributed by atoms with Gasteiger partial charge in [0, 0.05) is 44.6 Å². The molecule has 0 saturated carbocycles. The van der Waals surface area contributed by atoms with Gasteiger partial charge in [-0.25, -0.2) is 0 Å². The predicted octanol–water partition coefficient (Wildman–Crippen LogP) is 1.45. The molecule has 6 heteroatoms. The molecule has 24 heavy (non-hydrogen) atoms. The molecule has 2 heterocycles. The van der Waals surface area contributed by atoms with Crippen LogP contribution in [0.5, 0.6) is 0 Å². The van der Waals surface area contributed by atoms with Crippen LogP contribution in [0.2, 0.25) is 0 Å². The molecular weight excluding hydrogens is 306 g/mol. The Morgan fingerprint density at radius 2 is 2.00 bits per heavy atom. The van der Waals surface area contributed by atoms with E-state index in [1.807, 2.05) is 18.2 Å². The Labute approximate surface area is 141 Å². The summed E-state index contributed by atoms with van der Waals surface area (Å²) in [6.45, 7) is 3.38. The summed E-state index contributed by atoms with van der Waals surface area (Å²) in [7, 11) is 0. The molecule has 1 aromatic carbocycles. The maximum Gasteiger partial charge on any atom is 0.224 e. The molecular formula is C18H23N3O3. The summed E-state index contributed by atoms with van der Waals surface area (Å²) in [4.78, 5) is 36.8. The molecule has 1 saturated heterocycles. The van der Waals surface area contributed by atoms with E-state index < -0.39 is 0 Å². The van der Waals surface area contributed by atoms with E-state index in [1.165, 1.54) is 0 Å². The van der Waals surface area contributed by atoms with Crippen LogP contribution < -0.4 is 10.6 Å². The molecule has 0 unspecified atom stereocenters. The van der Waals surface area contributed by atoms with Crippen LogP contribution in [0.25, 0.3) is 0 Å². The van der Waals surface area contributed by atoms with Gasteiger partial charge in [-0.2, -0.15) is 0 Å². The lowest BCUT2D eigenvalue weighted by Gasteiger charge is -2.30. The lowest BCUT2D eigenvalue weighted by atomic mass is 9.95. The Hall–Kier alpha value is -2.37. The van der Waals surface area contributed by atoms with Gasteiger partial charge < -0.3 is 15.5 Å². The molecule has 0 aromatic heterocycles. The van der Waals surface area contributed by atoms with Gasteiger partial charge in [0.2, 0.25) is 17.7 Å². The fraction of sp³-hybridized carbons (Fsp3) is 0.500. The second-order valence-corrected chi connectivity index (χ2v) is 6.54. The Kier molecular flexibility index (Phi) is 4.83. The van der Waals surface area contributed by atoms with Crippen LogP contribution in [-0.4, -0.2) is 35.7 Å². The summed E-state index contributed by atoms with van der Waals surface area (Å²) < 4.78 is 0. The average molecular weight is 329 g/mol. The number of hydrogen-bond donors (Lipinski definition) is 2. The highest BCUT2D eigenvalue weighted by molar-refractivity contribution is 5.93. The number of piperidine rings is 1. The number of anilines is 1. The number of aryl methyl sites for hydroxylation is 1. The molecule has 0 atom stereocenters. The molecule has 1 aromatic rings. The molecule has 0 aliphatic carbocycles. The van der Waals surface area contributed by atoms with Crippen molar-refractivity contribution in [2.24, 2.45) is 5.92 Å². The van der Waals surface area contributed by atoms with E-state index in [0.29, 0.717) is 26.1 Å². The van der Waals surface area contributed by atoms with Crippen molar-refractivity contribution in [2.45, 2.75) is 39.2 Å². The van der Waals surface area contributed by atoms with Crippen molar-refractivity contribution >= 4 is 23.4 Å². The first-order chi connectivity index (χ1) is 11.5. The normalized spacial score (nSPS) is 17.9. The van der Waals surface area contributed by atoms with E-state index in [2.05, 4.69) is 10.6 Å². The van der Waals surface area contributed by atoms with E-state index >= 15 is 0 Å². The van der Waals surface area contributed by atoms with Crippen LogP contribution in [0.15, 0.2) is 18.2 Å². The minimum atomic E-state index is -0.0162. The Bertz CT molecular complexity index is 663. The highest BCUT2D eigenvalue weighted by atomic mass is 16.2. The van der Waals surface area contributed by atoms with Crippen LogP contribution in [0, 0.1) is 5.92 Å². The third kappa shape index (κ3) is 3.75. The molecule has 2 aliphatic heterocycles. The smallest absolute Gasteiger partial charge is 0.224 e. The maximum absolute atomic E-state index is 12.3. The van der Waals surface area contributed by atoms with Gasteiger partial charge in [0.05, 0.1) is 0 Å². The van der Waals surface area contributed by atoms with Gasteiger partial charge in [-0.1, -0.05) is 12.1 Å². The molecule has 1 fully saturated rings. The summed E-state index contributed by atoms with van der Waals surface area (Å²) in [5, 5.41) is 5.86. The third-order valence-corrected chi connectivity index (χ3v) is 4.84. The molecule has 6 nitrogen and oxygen atoms in total. The first kappa shape index (κ1) is 16.5. The fourth-order valence-electron chi connectivity index (χ4n) is 3.34. The largest absolute Gasteiger partial charge is 0.352 e. The lowest BCUT2D eigenvalue weighted by Crippen LogP contribution is -2.42. The van der Waals surface area contributed by atoms with Crippen molar-refractivity contribution in [3.8, 4) is 0 Å². The maximum atomic E-state index is 12.3. The molecule has 0 bridgehead atoms. The zero-order chi connectivity index (χ0) is 17.1. The fourth-order valence-corrected chi connectivity index (χ4v) is 3.34. The monoisotopic (exact) mass is 329 g/mol. The molecule has 128 valence electrons. The van der Waals surface area contributed by atoms with Crippen molar-refractivity contribution in [1.29, 1.82) is 0 Å². The van der Waals surface area contributed by atoms with Crippen LogP contribution >= 0.6 is 0 Å². The standard InChI is InChI=1S/C18H23N3O3/c1-12(22)21-8-6-14(7-9-21)18(24)19-11-13-2-4-16-15(10-13)3-5-17(23)20-16/h2,4,10,14H,3,5-9,11H2,1H3,(H,19,24)(H,20,23). The van der Waals surface area contributed by atoms with E-state index in [9.17, 15) is 14.4 Å². The number of carbonyl (C=O) groups is 3. The number of nitrogens with zero attached hydrogens (tertiary/aromatic N) is 1. The SMILES string of the molecule is CC(=O)N1CCC(C(=O)NCc2ccc3c(c2)CCC(=O)N3)CC1. The molecule has 0 spiro atoms. The second-order valence-electron chi connectivity index (χ2n) is 6.54. The number of likely N-dealkylation sites (tertiary alicyclic amines) is 1. The van der Waals surface area contributed by atoms with E-state index in [-0.39, 0.29) is 23.6 Å². The van der Waals surface area contributed by atoms with Crippen molar-refractivity contribution in [3.05, 3.63) is 29.3 Å². The number of benzene rings is 1. The summed E-state index contributed by atoms with van der Waals surface area (Å²) in [5.41, 5.74) is 3.04. The number of rotatable bonds is 3. The van der Waals surface area contributed by atoms with Crippen LogP contribution in [0.4, 0.5) is 5.69 Å². The van der Waals surface area contributed by atoms with Gasteiger partial charge in [-0.05, 0) is 36.5 Å². The number of nitrogens with one attached hydrogen (secondary N) is 2. The first-order valence-corrected chi connectivity index (χ1v) is 8.48. The predicted molar refractivity (Wildman–Crippen MR) is 90.2 cm³/mol. The van der Waals surface area contributed by atoms with E-state index in [1.54, 1.807) is 11.8 Å². The van der Waals surface area contributed by atoms with Crippen molar-refractivity contribution in [3.63, 3.8) is 0 Å². The first-order valence-electron chi connectivity index (χ1n) is 8.48. The van der Waals surface area contributed by atoms with E-state index in [4.69, 9.17) is 0 Å². The zero-order valence-electron chi connectivity index (χ0n) is 13.9. The Balaban J connectivity index is 1.52. The van der Waals surface area contributed by atoms with Crippen molar-refractivity contribution in [2.75, 3.05) is 18.4 Å². The van der Waals surface area contributed by atoms with Gasteiger partial charge in [0.25, 0.3) is 0 Å². The van der Waals surface area contributed by atoms with Crippen LogP contribution in [0.1, 0.15) is 37.3 Å². The van der Waals surface area contributed by atoms with Gasteiger partial charge >= 0.3 is 0 Å². The topological polar surface area (TPSA) is 78.5 Å². The molecule has 3 amide bonds. The summed E-state index contributed by atoms with van der Waals surface area (Å²) in [6.07, 6.45) is 2.70. The lowest BCUT2D eigenvalue weighted by molar-refractivity contribution is -0.134. The zero-order valence-corrected chi connectivity index (χ0v) is 13.9. The minimum absolute atomic E-state index is 0.0162. The summed E-state index contributed by atoms with van der Waals surface area (Å²) >= 11 is 0. The highest BCUT2D eigenvalue weighted by Gasteiger charge is 2.25. The van der Waals surface area contributed by atoms with Gasteiger partial charge in [-0.15, -0.1) is 0 Å². The number of amides is 3. The number of fused-ring (bicyclic) bond motifs is 1. The Morgan fingerprint density at radius 1 is 1.25 bits per heavy atom. The van der Waals surface area contributed by atoms with Crippen LogP contribution in [-0.2, 0) is 27.3 Å². The number of carbonyl (C=O) groups excluding carboxylic acids is 3. The third-order valence-electron chi connectivity index (χ3n) is 4.84. The quantitative estimate of drug-likeness (QED) is 0.881.